The Labute approximate surface area is 106 Å². The number of amides is 2. The molecule has 0 radical (unpaired) electrons. The van der Waals surface area contributed by atoms with E-state index in [0.717, 1.165) is 0 Å². The van der Waals surface area contributed by atoms with Crippen molar-refractivity contribution in [2.24, 2.45) is 0 Å². The molecule has 1 rings (SSSR count). The number of hydrazine groups is 1. The lowest BCUT2D eigenvalue weighted by Crippen LogP contribution is -2.54. The summed E-state index contributed by atoms with van der Waals surface area (Å²) >= 11 is 5.20. The number of rotatable bonds is 1. The number of halogens is 1. The van der Waals surface area contributed by atoms with Gasteiger partial charge in [0.2, 0.25) is 0 Å². The molecule has 7 heteroatoms. The smallest absolute Gasteiger partial charge is 0.410 e. The first-order valence-corrected chi connectivity index (χ1v) is 5.85. The minimum absolute atomic E-state index is 0.325. The Kier molecular flexibility index (Phi) is 4.59. The van der Waals surface area contributed by atoms with Crippen LogP contribution in [-0.4, -0.2) is 53.1 Å². The third-order valence-electron chi connectivity index (χ3n) is 2.18. The number of nitrogens with zero attached hydrogens (tertiary/aromatic N) is 2. The van der Waals surface area contributed by atoms with Crippen LogP contribution in [0.25, 0.3) is 0 Å². The average Bonchev–Trinajstić information content (AvgIpc) is 2.15. The van der Waals surface area contributed by atoms with Gasteiger partial charge in [0.05, 0.1) is 0 Å². The predicted molar refractivity (Wildman–Crippen MR) is 63.8 cm³/mol. The highest BCUT2D eigenvalue weighted by atomic mass is 35.5. The minimum Gasteiger partial charge on any atom is -0.444 e. The monoisotopic (exact) mass is 263 g/mol. The molecule has 1 aliphatic rings. The van der Waals surface area contributed by atoms with Crippen LogP contribution in [0.3, 0.4) is 0 Å². The molecule has 6 nitrogen and oxygen atoms in total. The SMILES string of the molecule is CC(C)(C)OC(=O)N1CCN(NC(=O)Cl)CC1. The van der Waals surface area contributed by atoms with Crippen molar-refractivity contribution < 1.29 is 14.3 Å². The number of hydrogen-bond donors (Lipinski definition) is 1. The van der Waals surface area contributed by atoms with Crippen molar-refractivity contribution in [3.05, 3.63) is 0 Å². The van der Waals surface area contributed by atoms with Crippen LogP contribution in [0.4, 0.5) is 9.59 Å². The topological polar surface area (TPSA) is 61.9 Å². The normalized spacial score (nSPS) is 17.8. The molecule has 98 valence electrons. The molecule has 0 unspecified atom stereocenters. The molecule has 0 aromatic heterocycles. The summed E-state index contributed by atoms with van der Waals surface area (Å²) in [6.07, 6.45) is -0.325. The standard InChI is InChI=1S/C10H18ClN3O3/c1-10(2,3)17-9(16)13-4-6-14(7-5-13)12-8(11)15/h4-7H2,1-3H3,(H,12,15). The zero-order chi connectivity index (χ0) is 13.1. The van der Waals surface area contributed by atoms with Crippen LogP contribution in [0.2, 0.25) is 0 Å². The van der Waals surface area contributed by atoms with Crippen molar-refractivity contribution in [1.29, 1.82) is 0 Å². The number of ether oxygens (including phenoxy) is 1. The van der Waals surface area contributed by atoms with Crippen LogP contribution in [0.5, 0.6) is 0 Å². The van der Waals surface area contributed by atoms with Crippen molar-refractivity contribution in [1.82, 2.24) is 15.3 Å². The van der Waals surface area contributed by atoms with Gasteiger partial charge in [-0.05, 0) is 32.4 Å². The van der Waals surface area contributed by atoms with Gasteiger partial charge in [-0.3, -0.25) is 10.2 Å². The Morgan fingerprint density at radius 1 is 1.18 bits per heavy atom. The zero-order valence-electron chi connectivity index (χ0n) is 10.3. The van der Waals surface area contributed by atoms with E-state index in [2.05, 4.69) is 5.43 Å². The summed E-state index contributed by atoms with van der Waals surface area (Å²) in [4.78, 5) is 24.0. The highest BCUT2D eigenvalue weighted by Crippen LogP contribution is 2.11. The van der Waals surface area contributed by atoms with Crippen LogP contribution in [0.15, 0.2) is 0 Å². The molecule has 0 aliphatic carbocycles. The minimum atomic E-state index is -0.615. The molecule has 0 aromatic carbocycles. The Hall–Kier alpha value is -1.01. The lowest BCUT2D eigenvalue weighted by atomic mass is 10.2. The fourth-order valence-corrected chi connectivity index (χ4v) is 1.57. The van der Waals surface area contributed by atoms with E-state index < -0.39 is 11.0 Å². The summed E-state index contributed by atoms with van der Waals surface area (Å²) in [5.41, 5.74) is 1.98. The molecule has 0 saturated carbocycles. The number of piperazine rings is 1. The van der Waals surface area contributed by atoms with E-state index in [1.54, 1.807) is 9.91 Å². The number of carbonyl (C=O) groups is 2. The molecule has 0 bridgehead atoms. The molecular formula is C10H18ClN3O3. The Morgan fingerprint density at radius 3 is 2.12 bits per heavy atom. The van der Waals surface area contributed by atoms with Gasteiger partial charge in [0.1, 0.15) is 5.60 Å². The van der Waals surface area contributed by atoms with Gasteiger partial charge in [-0.1, -0.05) is 0 Å². The second-order valence-electron chi connectivity index (χ2n) is 4.84. The lowest BCUT2D eigenvalue weighted by Gasteiger charge is -2.35. The fourth-order valence-electron chi connectivity index (χ4n) is 1.45. The first-order chi connectivity index (χ1) is 7.78. The van der Waals surface area contributed by atoms with Crippen molar-refractivity contribution in [2.45, 2.75) is 26.4 Å². The van der Waals surface area contributed by atoms with E-state index in [1.165, 1.54) is 0 Å². The molecule has 17 heavy (non-hydrogen) atoms. The van der Waals surface area contributed by atoms with E-state index >= 15 is 0 Å². The van der Waals surface area contributed by atoms with Gasteiger partial charge in [-0.2, -0.15) is 0 Å². The molecule has 1 N–H and O–H groups in total. The number of hydrogen-bond acceptors (Lipinski definition) is 4. The zero-order valence-corrected chi connectivity index (χ0v) is 11.1. The first-order valence-electron chi connectivity index (χ1n) is 5.47. The molecular weight excluding hydrogens is 246 g/mol. The van der Waals surface area contributed by atoms with Gasteiger partial charge in [-0.15, -0.1) is 0 Å². The number of nitrogens with one attached hydrogen (secondary N) is 1. The molecule has 0 atom stereocenters. The van der Waals surface area contributed by atoms with Crippen molar-refractivity contribution in [3.63, 3.8) is 0 Å². The predicted octanol–water partition coefficient (Wildman–Crippen LogP) is 1.40. The number of carbonyl (C=O) groups excluding carboxylic acids is 2. The maximum Gasteiger partial charge on any atom is 0.410 e. The van der Waals surface area contributed by atoms with Gasteiger partial charge in [0.15, 0.2) is 0 Å². The van der Waals surface area contributed by atoms with Crippen LogP contribution in [0.1, 0.15) is 20.8 Å². The summed E-state index contributed by atoms with van der Waals surface area (Å²) in [5.74, 6) is 0. The van der Waals surface area contributed by atoms with E-state index in [-0.39, 0.29) is 6.09 Å². The third kappa shape index (κ3) is 5.23. The van der Waals surface area contributed by atoms with Crippen molar-refractivity contribution in [2.75, 3.05) is 26.2 Å². The molecule has 1 heterocycles. The molecule has 0 spiro atoms. The lowest BCUT2D eigenvalue weighted by molar-refractivity contribution is 0.0116. The fraction of sp³-hybridized carbons (Fsp3) is 0.800. The van der Waals surface area contributed by atoms with Gasteiger partial charge >= 0.3 is 11.5 Å². The Balaban J connectivity index is 2.36. The molecule has 0 aromatic rings. The summed E-state index contributed by atoms with van der Waals surface area (Å²) in [7, 11) is 0. The largest absolute Gasteiger partial charge is 0.444 e. The van der Waals surface area contributed by atoms with E-state index in [9.17, 15) is 9.59 Å². The van der Waals surface area contributed by atoms with Crippen LogP contribution < -0.4 is 5.43 Å². The first kappa shape index (κ1) is 14.1. The van der Waals surface area contributed by atoms with E-state index in [0.29, 0.717) is 26.2 Å². The average molecular weight is 264 g/mol. The van der Waals surface area contributed by atoms with Crippen LogP contribution >= 0.6 is 11.6 Å². The summed E-state index contributed by atoms with van der Waals surface area (Å²) in [5, 5.41) is 1.06. The molecule has 1 fully saturated rings. The maximum atomic E-state index is 11.7. The van der Waals surface area contributed by atoms with Crippen molar-refractivity contribution >= 4 is 23.1 Å². The highest BCUT2D eigenvalue weighted by molar-refractivity contribution is 6.62. The van der Waals surface area contributed by atoms with Gasteiger partial charge in [0.25, 0.3) is 0 Å². The Bertz CT molecular complexity index is 296. The molecule has 2 amide bonds. The Morgan fingerprint density at radius 2 is 1.71 bits per heavy atom. The second-order valence-corrected chi connectivity index (χ2v) is 5.18. The van der Waals surface area contributed by atoms with Gasteiger partial charge < -0.3 is 9.64 Å². The van der Waals surface area contributed by atoms with Crippen LogP contribution in [-0.2, 0) is 4.74 Å². The molecule has 1 saturated heterocycles. The second kappa shape index (κ2) is 5.55. The summed E-state index contributed by atoms with van der Waals surface area (Å²) < 4.78 is 5.25. The van der Waals surface area contributed by atoms with Crippen molar-refractivity contribution in [3.8, 4) is 0 Å². The maximum absolute atomic E-state index is 11.7. The van der Waals surface area contributed by atoms with Crippen LogP contribution in [0, 0.1) is 0 Å². The molecule has 1 aliphatic heterocycles. The van der Waals surface area contributed by atoms with Gasteiger partial charge in [0, 0.05) is 26.2 Å². The van der Waals surface area contributed by atoms with E-state index in [4.69, 9.17) is 16.3 Å². The van der Waals surface area contributed by atoms with Gasteiger partial charge in [-0.25, -0.2) is 9.80 Å². The van der Waals surface area contributed by atoms with E-state index in [1.807, 2.05) is 20.8 Å². The third-order valence-corrected chi connectivity index (χ3v) is 2.26. The quantitative estimate of drug-likeness (QED) is 0.574. The summed E-state index contributed by atoms with van der Waals surface area (Å²) in [6, 6.07) is 0. The highest BCUT2D eigenvalue weighted by Gasteiger charge is 2.26. The summed E-state index contributed by atoms with van der Waals surface area (Å²) in [6.45, 7) is 7.58.